The van der Waals surface area contributed by atoms with E-state index in [1.807, 2.05) is 0 Å². The number of carbonyl (C=O) groups is 1. The quantitative estimate of drug-likeness (QED) is 0.801. The van der Waals surface area contributed by atoms with E-state index in [1.165, 1.54) is 24.8 Å². The molecule has 4 nitrogen and oxygen atoms in total. The summed E-state index contributed by atoms with van der Waals surface area (Å²) in [5.41, 5.74) is 7.83. The van der Waals surface area contributed by atoms with Crippen molar-refractivity contribution in [3.05, 3.63) is 35.9 Å². The first-order valence-corrected chi connectivity index (χ1v) is 9.00. The second-order valence-electron chi connectivity index (χ2n) is 7.21. The van der Waals surface area contributed by atoms with Gasteiger partial charge in [0.25, 0.3) is 0 Å². The molecule has 0 radical (unpaired) electrons. The molecule has 2 fully saturated rings. The summed E-state index contributed by atoms with van der Waals surface area (Å²) in [6.45, 7) is 4.28. The highest BCUT2D eigenvalue weighted by Gasteiger charge is 2.33. The lowest BCUT2D eigenvalue weighted by atomic mass is 9.80. The highest BCUT2D eigenvalue weighted by atomic mass is 16.1. The molecule has 0 bridgehead atoms. The molecule has 1 amide bonds. The molecule has 1 aliphatic carbocycles. The molecule has 126 valence electrons. The summed E-state index contributed by atoms with van der Waals surface area (Å²) in [6.07, 6.45) is 5.34. The van der Waals surface area contributed by atoms with Crippen molar-refractivity contribution >= 4 is 5.91 Å². The maximum absolute atomic E-state index is 12.6. The summed E-state index contributed by atoms with van der Waals surface area (Å²) in [5.74, 6) is 1.02. The zero-order valence-electron chi connectivity index (χ0n) is 14.2. The van der Waals surface area contributed by atoms with Gasteiger partial charge in [-0.25, -0.2) is 0 Å². The van der Waals surface area contributed by atoms with Crippen molar-refractivity contribution in [3.63, 3.8) is 0 Å². The summed E-state index contributed by atoms with van der Waals surface area (Å²) in [5, 5.41) is 3.34. The zero-order valence-corrected chi connectivity index (χ0v) is 14.2. The number of benzene rings is 1. The average molecular weight is 315 g/mol. The first-order chi connectivity index (χ1) is 11.1. The number of hydrogen-bond acceptors (Lipinski definition) is 3. The first kappa shape index (κ1) is 16.5. The zero-order chi connectivity index (χ0) is 16.2. The van der Waals surface area contributed by atoms with Crippen LogP contribution in [0.2, 0.25) is 0 Å². The van der Waals surface area contributed by atoms with Gasteiger partial charge < -0.3 is 5.32 Å². The summed E-state index contributed by atoms with van der Waals surface area (Å²) in [6, 6.07) is 11.6. The minimum atomic E-state index is 0.201. The monoisotopic (exact) mass is 315 g/mol. The molecule has 1 saturated heterocycles. The third-order valence-corrected chi connectivity index (χ3v) is 5.58. The van der Waals surface area contributed by atoms with Gasteiger partial charge in [-0.1, -0.05) is 43.2 Å². The largest absolute Gasteiger partial charge is 0.353 e. The van der Waals surface area contributed by atoms with Crippen LogP contribution in [0.15, 0.2) is 30.3 Å². The number of hydrazine groups is 1. The van der Waals surface area contributed by atoms with E-state index >= 15 is 0 Å². The van der Waals surface area contributed by atoms with Crippen molar-refractivity contribution in [2.45, 2.75) is 70.0 Å². The summed E-state index contributed by atoms with van der Waals surface area (Å²) < 4.78 is 0. The van der Waals surface area contributed by atoms with Gasteiger partial charge in [-0.2, -0.15) is 0 Å². The lowest BCUT2D eigenvalue weighted by Gasteiger charge is -2.33. The molecular weight excluding hydrogens is 286 g/mol. The first-order valence-electron chi connectivity index (χ1n) is 9.00. The molecule has 4 heteroatoms. The van der Waals surface area contributed by atoms with Crippen LogP contribution in [0.5, 0.6) is 0 Å². The fourth-order valence-electron chi connectivity index (χ4n) is 4.15. The SMILES string of the molecule is CC1NNC(C)C1CC(=O)N[C@@H]1CCCC[C@H]1c1ccccc1. The standard InChI is InChI=1S/C19H29N3O/c1-13-17(14(2)22-21-13)12-19(23)20-18-11-7-6-10-16(18)15-8-4-3-5-9-15/h3-5,8-9,13-14,16-18,21-22H,6-7,10-12H2,1-2H3,(H,20,23)/t13?,14?,16-,17?,18+/m0/s1. The van der Waals surface area contributed by atoms with Gasteiger partial charge >= 0.3 is 0 Å². The lowest BCUT2D eigenvalue weighted by molar-refractivity contribution is -0.123. The van der Waals surface area contributed by atoms with Crippen LogP contribution in [-0.4, -0.2) is 24.0 Å². The van der Waals surface area contributed by atoms with Gasteiger partial charge in [-0.05, 0) is 32.3 Å². The molecule has 4 atom stereocenters. The van der Waals surface area contributed by atoms with Gasteiger partial charge in [0.15, 0.2) is 0 Å². The van der Waals surface area contributed by atoms with Crippen molar-refractivity contribution < 1.29 is 4.79 Å². The third-order valence-electron chi connectivity index (χ3n) is 5.58. The Balaban J connectivity index is 1.62. The van der Waals surface area contributed by atoms with Crippen LogP contribution in [0.25, 0.3) is 0 Å². The van der Waals surface area contributed by atoms with Crippen molar-refractivity contribution in [2.24, 2.45) is 5.92 Å². The van der Waals surface area contributed by atoms with Gasteiger partial charge in [-0.3, -0.25) is 15.6 Å². The normalized spacial score (nSPS) is 34.3. The van der Waals surface area contributed by atoms with Crippen molar-refractivity contribution in [3.8, 4) is 0 Å². The fraction of sp³-hybridized carbons (Fsp3) is 0.632. The van der Waals surface area contributed by atoms with E-state index in [0.29, 0.717) is 30.3 Å². The van der Waals surface area contributed by atoms with Crippen LogP contribution in [-0.2, 0) is 4.79 Å². The minimum Gasteiger partial charge on any atom is -0.353 e. The van der Waals surface area contributed by atoms with Crippen molar-refractivity contribution in [1.29, 1.82) is 0 Å². The second-order valence-corrected chi connectivity index (χ2v) is 7.21. The van der Waals surface area contributed by atoms with E-state index in [1.54, 1.807) is 0 Å². The molecule has 1 saturated carbocycles. The molecule has 3 rings (SSSR count). The van der Waals surface area contributed by atoms with Gasteiger partial charge in [0, 0.05) is 36.4 Å². The number of nitrogens with one attached hydrogen (secondary N) is 3. The molecule has 23 heavy (non-hydrogen) atoms. The molecule has 0 spiro atoms. The Bertz CT molecular complexity index is 509. The predicted octanol–water partition coefficient (Wildman–Crippen LogP) is 2.72. The van der Waals surface area contributed by atoms with E-state index < -0.39 is 0 Å². The molecule has 1 heterocycles. The minimum absolute atomic E-state index is 0.201. The highest BCUT2D eigenvalue weighted by molar-refractivity contribution is 5.77. The highest BCUT2D eigenvalue weighted by Crippen LogP contribution is 2.33. The van der Waals surface area contributed by atoms with E-state index in [0.717, 1.165) is 6.42 Å². The molecule has 2 aliphatic rings. The summed E-state index contributed by atoms with van der Waals surface area (Å²) in [4.78, 5) is 12.6. The Morgan fingerprint density at radius 3 is 2.43 bits per heavy atom. The Kier molecular flexibility index (Phi) is 5.34. The van der Waals surface area contributed by atoms with E-state index in [-0.39, 0.29) is 11.9 Å². The van der Waals surface area contributed by atoms with Crippen LogP contribution >= 0.6 is 0 Å². The van der Waals surface area contributed by atoms with E-state index in [4.69, 9.17) is 0 Å². The van der Waals surface area contributed by atoms with Crippen molar-refractivity contribution in [2.75, 3.05) is 0 Å². The summed E-state index contributed by atoms with van der Waals surface area (Å²) >= 11 is 0. The topological polar surface area (TPSA) is 53.2 Å². The molecule has 0 aromatic heterocycles. The van der Waals surface area contributed by atoms with Crippen molar-refractivity contribution in [1.82, 2.24) is 16.2 Å². The number of amides is 1. The number of carbonyl (C=O) groups excluding carboxylic acids is 1. The number of rotatable bonds is 4. The Labute approximate surface area is 139 Å². The molecule has 1 aromatic carbocycles. The summed E-state index contributed by atoms with van der Waals surface area (Å²) in [7, 11) is 0. The maximum Gasteiger partial charge on any atom is 0.220 e. The lowest BCUT2D eigenvalue weighted by Crippen LogP contribution is -2.42. The smallest absolute Gasteiger partial charge is 0.220 e. The Hall–Kier alpha value is -1.39. The number of hydrogen-bond donors (Lipinski definition) is 3. The van der Waals surface area contributed by atoms with E-state index in [9.17, 15) is 4.79 Å². The van der Waals surface area contributed by atoms with Crippen LogP contribution in [0, 0.1) is 5.92 Å². The van der Waals surface area contributed by atoms with Gasteiger partial charge in [-0.15, -0.1) is 0 Å². The third kappa shape index (κ3) is 3.93. The Morgan fingerprint density at radius 1 is 1.09 bits per heavy atom. The van der Waals surface area contributed by atoms with Crippen LogP contribution in [0.1, 0.15) is 57.4 Å². The molecule has 2 unspecified atom stereocenters. The molecule has 1 aliphatic heterocycles. The van der Waals surface area contributed by atoms with Gasteiger partial charge in [0.05, 0.1) is 0 Å². The van der Waals surface area contributed by atoms with Crippen LogP contribution < -0.4 is 16.2 Å². The molecule has 3 N–H and O–H groups in total. The van der Waals surface area contributed by atoms with Gasteiger partial charge in [0.2, 0.25) is 5.91 Å². The second kappa shape index (κ2) is 7.45. The predicted molar refractivity (Wildman–Crippen MR) is 92.9 cm³/mol. The van der Waals surface area contributed by atoms with Crippen LogP contribution in [0.4, 0.5) is 0 Å². The maximum atomic E-state index is 12.6. The van der Waals surface area contributed by atoms with E-state index in [2.05, 4.69) is 60.3 Å². The van der Waals surface area contributed by atoms with Gasteiger partial charge in [0.1, 0.15) is 0 Å². The van der Waals surface area contributed by atoms with Crippen LogP contribution in [0.3, 0.4) is 0 Å². The Morgan fingerprint density at radius 2 is 1.74 bits per heavy atom. The average Bonchev–Trinajstić information content (AvgIpc) is 2.88. The molecular formula is C19H29N3O. The molecule has 1 aromatic rings. The fourth-order valence-corrected chi connectivity index (χ4v) is 4.15.